The van der Waals surface area contributed by atoms with Crippen molar-refractivity contribution in [2.24, 2.45) is 0 Å². The van der Waals surface area contributed by atoms with Gasteiger partial charge in [-0.3, -0.25) is 5.32 Å². The Morgan fingerprint density at radius 1 is 0.952 bits per heavy atom. The van der Waals surface area contributed by atoms with Crippen LogP contribution in [0.3, 0.4) is 0 Å². The summed E-state index contributed by atoms with van der Waals surface area (Å²) in [5.74, 6) is 1.29. The maximum absolute atomic E-state index is 11.8. The van der Waals surface area contributed by atoms with E-state index in [-0.39, 0.29) is 0 Å². The molecule has 2 rings (SSSR count). The van der Waals surface area contributed by atoms with Crippen molar-refractivity contribution < 1.29 is 14.3 Å². The van der Waals surface area contributed by atoms with E-state index < -0.39 is 6.09 Å². The van der Waals surface area contributed by atoms with Gasteiger partial charge in [-0.2, -0.15) is 0 Å². The van der Waals surface area contributed by atoms with E-state index in [2.05, 4.69) is 12.2 Å². The normalized spacial score (nSPS) is 10.0. The van der Waals surface area contributed by atoms with E-state index in [1.807, 2.05) is 19.1 Å². The lowest BCUT2D eigenvalue weighted by Crippen LogP contribution is -2.16. The van der Waals surface area contributed by atoms with E-state index in [1.54, 1.807) is 36.4 Å². The number of carbonyl (C=O) groups is 1. The molecular formula is C17H19NO3. The summed E-state index contributed by atoms with van der Waals surface area (Å²) in [5.41, 5.74) is 1.86. The fourth-order valence-electron chi connectivity index (χ4n) is 1.84. The van der Waals surface area contributed by atoms with Gasteiger partial charge in [-0.15, -0.1) is 0 Å². The Balaban J connectivity index is 1.91. The van der Waals surface area contributed by atoms with Crippen molar-refractivity contribution in [2.75, 3.05) is 11.9 Å². The first-order valence-electron chi connectivity index (χ1n) is 7.02. The molecule has 1 amide bonds. The van der Waals surface area contributed by atoms with Crippen LogP contribution in [-0.2, 0) is 6.42 Å². The largest absolute Gasteiger partial charge is 0.494 e. The number of nitrogens with one attached hydrogen (secondary N) is 1. The lowest BCUT2D eigenvalue weighted by Gasteiger charge is -2.08. The number of hydrogen-bond donors (Lipinski definition) is 1. The number of ether oxygens (including phenoxy) is 2. The van der Waals surface area contributed by atoms with E-state index >= 15 is 0 Å². The Labute approximate surface area is 124 Å². The number of rotatable bonds is 5. The second-order valence-corrected chi connectivity index (χ2v) is 4.47. The summed E-state index contributed by atoms with van der Waals surface area (Å²) >= 11 is 0. The van der Waals surface area contributed by atoms with Crippen molar-refractivity contribution >= 4 is 11.8 Å². The van der Waals surface area contributed by atoms with E-state index in [0.717, 1.165) is 12.2 Å². The smallest absolute Gasteiger partial charge is 0.417 e. The van der Waals surface area contributed by atoms with Crippen molar-refractivity contribution in [3.8, 4) is 11.5 Å². The maximum atomic E-state index is 11.8. The summed E-state index contributed by atoms with van der Waals surface area (Å²) < 4.78 is 10.6. The van der Waals surface area contributed by atoms with Gasteiger partial charge in [0.25, 0.3) is 0 Å². The first-order chi connectivity index (χ1) is 10.2. The highest BCUT2D eigenvalue weighted by Crippen LogP contribution is 2.17. The van der Waals surface area contributed by atoms with Crippen molar-refractivity contribution in [1.82, 2.24) is 0 Å². The Morgan fingerprint density at radius 2 is 1.57 bits per heavy atom. The van der Waals surface area contributed by atoms with Crippen LogP contribution in [0.5, 0.6) is 11.5 Å². The highest BCUT2D eigenvalue weighted by Gasteiger charge is 2.05. The molecule has 0 fully saturated rings. The quantitative estimate of drug-likeness (QED) is 0.893. The monoisotopic (exact) mass is 285 g/mol. The van der Waals surface area contributed by atoms with Crippen LogP contribution in [0.1, 0.15) is 19.4 Å². The van der Waals surface area contributed by atoms with Gasteiger partial charge in [0.1, 0.15) is 11.5 Å². The zero-order valence-corrected chi connectivity index (χ0v) is 12.3. The summed E-state index contributed by atoms with van der Waals surface area (Å²) in [5, 5.41) is 2.67. The van der Waals surface area contributed by atoms with Crippen molar-refractivity contribution in [2.45, 2.75) is 20.3 Å². The number of hydrogen-bond acceptors (Lipinski definition) is 3. The standard InChI is InChI=1S/C17H19NO3/c1-3-13-5-9-16(10-6-13)21-17(19)18-14-7-11-15(12-8-14)20-4-2/h5-12H,3-4H2,1-2H3,(H,18,19). The Bertz CT molecular complexity index is 576. The molecule has 0 atom stereocenters. The number of benzene rings is 2. The van der Waals surface area contributed by atoms with E-state index in [9.17, 15) is 4.79 Å². The topological polar surface area (TPSA) is 47.6 Å². The van der Waals surface area contributed by atoms with E-state index in [0.29, 0.717) is 18.0 Å². The van der Waals surface area contributed by atoms with Crippen molar-refractivity contribution in [1.29, 1.82) is 0 Å². The second kappa shape index (κ2) is 7.33. The lowest BCUT2D eigenvalue weighted by atomic mass is 10.2. The number of anilines is 1. The molecule has 0 unspecified atom stereocenters. The van der Waals surface area contributed by atoms with Gasteiger partial charge >= 0.3 is 6.09 Å². The molecule has 110 valence electrons. The third-order valence-electron chi connectivity index (χ3n) is 2.95. The minimum absolute atomic E-state index is 0.511. The summed E-state index contributed by atoms with van der Waals surface area (Å²) in [7, 11) is 0. The molecule has 1 N–H and O–H groups in total. The predicted octanol–water partition coefficient (Wildman–Crippen LogP) is 4.26. The average molecular weight is 285 g/mol. The van der Waals surface area contributed by atoms with Crippen LogP contribution >= 0.6 is 0 Å². The minimum Gasteiger partial charge on any atom is -0.494 e. The number of carbonyl (C=O) groups excluding carboxylic acids is 1. The van der Waals surface area contributed by atoms with Crippen LogP contribution in [0.4, 0.5) is 10.5 Å². The molecule has 0 heterocycles. The average Bonchev–Trinajstić information content (AvgIpc) is 2.50. The number of amides is 1. The highest BCUT2D eigenvalue weighted by molar-refractivity contribution is 5.86. The Hall–Kier alpha value is -2.49. The van der Waals surface area contributed by atoms with Gasteiger partial charge in [-0.05, 0) is 55.3 Å². The van der Waals surface area contributed by atoms with Crippen LogP contribution in [-0.4, -0.2) is 12.7 Å². The summed E-state index contributed by atoms with van der Waals surface area (Å²) in [6, 6.07) is 14.6. The maximum Gasteiger partial charge on any atom is 0.417 e. The van der Waals surface area contributed by atoms with E-state index in [1.165, 1.54) is 5.56 Å². The SMILES string of the molecule is CCOc1ccc(NC(=O)Oc2ccc(CC)cc2)cc1. The molecular weight excluding hydrogens is 266 g/mol. The summed E-state index contributed by atoms with van der Waals surface area (Å²) in [6.07, 6.45) is 0.446. The van der Waals surface area contributed by atoms with Crippen LogP contribution in [0.25, 0.3) is 0 Å². The Kier molecular flexibility index (Phi) is 5.21. The molecule has 0 bridgehead atoms. The van der Waals surface area contributed by atoms with Crippen LogP contribution < -0.4 is 14.8 Å². The molecule has 0 radical (unpaired) electrons. The zero-order chi connectivity index (χ0) is 15.1. The van der Waals surface area contributed by atoms with Gasteiger partial charge in [-0.1, -0.05) is 19.1 Å². The molecule has 0 saturated carbocycles. The number of aryl methyl sites for hydroxylation is 1. The zero-order valence-electron chi connectivity index (χ0n) is 12.3. The van der Waals surface area contributed by atoms with Crippen molar-refractivity contribution in [3.05, 3.63) is 54.1 Å². The molecule has 21 heavy (non-hydrogen) atoms. The highest BCUT2D eigenvalue weighted by atomic mass is 16.6. The molecule has 0 spiro atoms. The minimum atomic E-state index is -0.511. The molecule has 0 aliphatic carbocycles. The van der Waals surface area contributed by atoms with Gasteiger partial charge in [0, 0.05) is 5.69 Å². The molecule has 0 aliphatic rings. The van der Waals surface area contributed by atoms with Gasteiger partial charge in [0.2, 0.25) is 0 Å². The van der Waals surface area contributed by atoms with Gasteiger partial charge < -0.3 is 9.47 Å². The first kappa shape index (κ1) is 14.9. The molecule has 2 aromatic carbocycles. The van der Waals surface area contributed by atoms with Crippen LogP contribution in [0, 0.1) is 0 Å². The molecule has 4 nitrogen and oxygen atoms in total. The van der Waals surface area contributed by atoms with Gasteiger partial charge in [0.15, 0.2) is 0 Å². The van der Waals surface area contributed by atoms with Crippen molar-refractivity contribution in [3.63, 3.8) is 0 Å². The molecule has 4 heteroatoms. The molecule has 2 aromatic rings. The summed E-state index contributed by atoms with van der Waals surface area (Å²) in [6.45, 7) is 4.62. The van der Waals surface area contributed by atoms with Gasteiger partial charge in [0.05, 0.1) is 6.61 Å². The lowest BCUT2D eigenvalue weighted by molar-refractivity contribution is 0.215. The predicted molar refractivity (Wildman–Crippen MR) is 83.1 cm³/mol. The third-order valence-corrected chi connectivity index (χ3v) is 2.95. The van der Waals surface area contributed by atoms with Gasteiger partial charge in [-0.25, -0.2) is 4.79 Å². The first-order valence-corrected chi connectivity index (χ1v) is 7.02. The molecule has 0 aromatic heterocycles. The molecule has 0 saturated heterocycles. The van der Waals surface area contributed by atoms with E-state index in [4.69, 9.17) is 9.47 Å². The third kappa shape index (κ3) is 4.53. The Morgan fingerprint density at radius 3 is 2.14 bits per heavy atom. The van der Waals surface area contributed by atoms with Crippen LogP contribution in [0.15, 0.2) is 48.5 Å². The fraction of sp³-hybridized carbons (Fsp3) is 0.235. The fourth-order valence-corrected chi connectivity index (χ4v) is 1.84. The van der Waals surface area contributed by atoms with Crippen LogP contribution in [0.2, 0.25) is 0 Å². The molecule has 0 aliphatic heterocycles. The second-order valence-electron chi connectivity index (χ2n) is 4.47. The summed E-state index contributed by atoms with van der Waals surface area (Å²) in [4.78, 5) is 11.8.